The van der Waals surface area contributed by atoms with Gasteiger partial charge in [-0.2, -0.15) is 5.10 Å². The zero-order valence-corrected chi connectivity index (χ0v) is 12.4. The van der Waals surface area contributed by atoms with Crippen LogP contribution in [0.5, 0.6) is 0 Å². The molecule has 4 heteroatoms. The molecule has 0 aromatic carbocycles. The summed E-state index contributed by atoms with van der Waals surface area (Å²) in [6.07, 6.45) is 9.42. The maximum Gasteiger partial charge on any atom is 0.148 e. The first-order chi connectivity index (χ1) is 9.72. The van der Waals surface area contributed by atoms with Crippen molar-refractivity contribution in [3.8, 4) is 0 Å². The van der Waals surface area contributed by atoms with Crippen molar-refractivity contribution in [3.63, 3.8) is 0 Å². The highest BCUT2D eigenvalue weighted by Gasteiger charge is 2.52. The summed E-state index contributed by atoms with van der Waals surface area (Å²) in [4.78, 5) is 0. The molecular formula is C16H26N4. The van der Waals surface area contributed by atoms with Gasteiger partial charge in [0.2, 0.25) is 0 Å². The molecule has 0 atom stereocenters. The van der Waals surface area contributed by atoms with E-state index < -0.39 is 0 Å². The lowest BCUT2D eigenvalue weighted by atomic mass is 9.53. The molecule has 4 aliphatic rings. The number of anilines is 1. The molecule has 110 valence electrons. The quantitative estimate of drug-likeness (QED) is 0.886. The third-order valence-electron chi connectivity index (χ3n) is 5.89. The van der Waals surface area contributed by atoms with Crippen LogP contribution in [-0.4, -0.2) is 23.4 Å². The van der Waals surface area contributed by atoms with Gasteiger partial charge in [0.1, 0.15) is 5.82 Å². The van der Waals surface area contributed by atoms with Crippen LogP contribution in [0, 0.1) is 17.8 Å². The van der Waals surface area contributed by atoms with Gasteiger partial charge in [-0.15, -0.1) is 0 Å². The van der Waals surface area contributed by atoms with E-state index in [0.29, 0.717) is 12.1 Å². The third kappa shape index (κ3) is 1.80. The fraction of sp³-hybridized carbons (Fsp3) is 0.812. The standard InChI is InChI=1S/C16H26N4/c1-18-15-7-14(2-3-17)20(19-15)16-8-11-4-12(9-16)6-13(5-11)10-16/h7,11-13H,2-6,8-10,17H2,1H3,(H,18,19). The summed E-state index contributed by atoms with van der Waals surface area (Å²) in [6.45, 7) is 0.710. The lowest BCUT2D eigenvalue weighted by Gasteiger charge is -2.57. The van der Waals surface area contributed by atoms with E-state index in [-0.39, 0.29) is 0 Å². The average molecular weight is 274 g/mol. The molecule has 4 saturated carbocycles. The van der Waals surface area contributed by atoms with Crippen molar-refractivity contribution >= 4 is 5.82 Å². The predicted octanol–water partition coefficient (Wildman–Crippen LogP) is 2.35. The van der Waals surface area contributed by atoms with Crippen molar-refractivity contribution in [2.45, 2.75) is 50.5 Å². The maximum atomic E-state index is 5.81. The Hall–Kier alpha value is -1.03. The molecule has 20 heavy (non-hydrogen) atoms. The van der Waals surface area contributed by atoms with Gasteiger partial charge in [0, 0.05) is 25.2 Å². The van der Waals surface area contributed by atoms with E-state index in [2.05, 4.69) is 16.1 Å². The smallest absolute Gasteiger partial charge is 0.148 e. The molecule has 1 heterocycles. The molecule has 0 radical (unpaired) electrons. The van der Waals surface area contributed by atoms with Crippen molar-refractivity contribution in [2.75, 3.05) is 18.9 Å². The van der Waals surface area contributed by atoms with Crippen molar-refractivity contribution in [3.05, 3.63) is 11.8 Å². The SMILES string of the molecule is CNc1cc(CCN)n(C23CC4CC(CC(C4)C2)C3)n1. The van der Waals surface area contributed by atoms with Gasteiger partial charge in [-0.25, -0.2) is 0 Å². The Labute approximate surface area is 121 Å². The minimum absolute atomic E-state index is 0.314. The summed E-state index contributed by atoms with van der Waals surface area (Å²) in [5, 5.41) is 8.09. The number of nitrogens with two attached hydrogens (primary N) is 1. The Morgan fingerprint density at radius 2 is 1.85 bits per heavy atom. The number of hydrogen-bond acceptors (Lipinski definition) is 3. The molecule has 4 aliphatic carbocycles. The zero-order valence-electron chi connectivity index (χ0n) is 12.4. The van der Waals surface area contributed by atoms with Crippen LogP contribution in [0.3, 0.4) is 0 Å². The third-order valence-corrected chi connectivity index (χ3v) is 5.89. The normalized spacial score (nSPS) is 38.4. The Morgan fingerprint density at radius 3 is 2.35 bits per heavy atom. The molecule has 0 spiro atoms. The van der Waals surface area contributed by atoms with Gasteiger partial charge >= 0.3 is 0 Å². The van der Waals surface area contributed by atoms with Crippen LogP contribution in [-0.2, 0) is 12.0 Å². The minimum Gasteiger partial charge on any atom is -0.372 e. The Morgan fingerprint density at radius 1 is 1.25 bits per heavy atom. The Balaban J connectivity index is 1.74. The van der Waals surface area contributed by atoms with E-state index >= 15 is 0 Å². The van der Waals surface area contributed by atoms with Crippen LogP contribution in [0.1, 0.15) is 44.2 Å². The average Bonchev–Trinajstić information content (AvgIpc) is 2.81. The Kier molecular flexibility index (Phi) is 2.85. The molecule has 1 aromatic rings. The van der Waals surface area contributed by atoms with E-state index in [1.807, 2.05) is 7.05 Å². The van der Waals surface area contributed by atoms with Crippen molar-refractivity contribution in [1.82, 2.24) is 9.78 Å². The topological polar surface area (TPSA) is 55.9 Å². The van der Waals surface area contributed by atoms with Crippen LogP contribution in [0.15, 0.2) is 6.07 Å². The highest BCUT2D eigenvalue weighted by atomic mass is 15.4. The van der Waals surface area contributed by atoms with Crippen LogP contribution in [0.2, 0.25) is 0 Å². The monoisotopic (exact) mass is 274 g/mol. The van der Waals surface area contributed by atoms with Crippen molar-refractivity contribution in [1.29, 1.82) is 0 Å². The number of nitrogens with zero attached hydrogens (tertiary/aromatic N) is 2. The van der Waals surface area contributed by atoms with Crippen molar-refractivity contribution < 1.29 is 0 Å². The zero-order chi connectivity index (χ0) is 13.7. The second-order valence-corrected chi connectivity index (χ2v) is 7.36. The molecular weight excluding hydrogens is 248 g/mol. The van der Waals surface area contributed by atoms with E-state index in [9.17, 15) is 0 Å². The summed E-state index contributed by atoms with van der Waals surface area (Å²) in [6, 6.07) is 2.20. The minimum atomic E-state index is 0.314. The van der Waals surface area contributed by atoms with Crippen LogP contribution < -0.4 is 11.1 Å². The van der Waals surface area contributed by atoms with Gasteiger partial charge in [-0.05, 0) is 62.8 Å². The summed E-state index contributed by atoms with van der Waals surface area (Å²) in [7, 11) is 1.96. The van der Waals surface area contributed by atoms with Gasteiger partial charge in [-0.3, -0.25) is 4.68 Å². The molecule has 4 bridgehead atoms. The number of hydrogen-bond donors (Lipinski definition) is 2. The molecule has 4 nitrogen and oxygen atoms in total. The van der Waals surface area contributed by atoms with E-state index in [1.54, 1.807) is 0 Å². The van der Waals surface area contributed by atoms with Crippen LogP contribution in [0.4, 0.5) is 5.82 Å². The van der Waals surface area contributed by atoms with E-state index in [0.717, 1.165) is 30.0 Å². The summed E-state index contributed by atoms with van der Waals surface area (Å²) in [5.41, 5.74) is 7.46. The number of aromatic nitrogens is 2. The summed E-state index contributed by atoms with van der Waals surface area (Å²) < 4.78 is 2.39. The molecule has 5 rings (SSSR count). The number of rotatable bonds is 4. The van der Waals surface area contributed by atoms with Gasteiger partial charge < -0.3 is 11.1 Å². The van der Waals surface area contributed by atoms with Gasteiger partial charge in [0.25, 0.3) is 0 Å². The second kappa shape index (κ2) is 4.48. The van der Waals surface area contributed by atoms with Crippen molar-refractivity contribution in [2.24, 2.45) is 23.5 Å². The van der Waals surface area contributed by atoms with Gasteiger partial charge in [0.15, 0.2) is 0 Å². The first-order valence-corrected chi connectivity index (χ1v) is 8.19. The molecule has 0 amide bonds. The second-order valence-electron chi connectivity index (χ2n) is 7.36. The first-order valence-electron chi connectivity index (χ1n) is 8.19. The number of nitrogens with one attached hydrogen (secondary N) is 1. The van der Waals surface area contributed by atoms with E-state index in [4.69, 9.17) is 10.8 Å². The Bertz CT molecular complexity index is 469. The molecule has 3 N–H and O–H groups in total. The molecule has 0 saturated heterocycles. The van der Waals surface area contributed by atoms with Gasteiger partial charge in [0.05, 0.1) is 5.54 Å². The predicted molar refractivity (Wildman–Crippen MR) is 80.7 cm³/mol. The molecule has 4 fully saturated rings. The first kappa shape index (κ1) is 12.7. The summed E-state index contributed by atoms with van der Waals surface area (Å²) >= 11 is 0. The fourth-order valence-electron chi connectivity index (χ4n) is 5.60. The highest BCUT2D eigenvalue weighted by molar-refractivity contribution is 5.36. The van der Waals surface area contributed by atoms with E-state index in [1.165, 1.54) is 44.2 Å². The molecule has 1 aromatic heterocycles. The fourth-order valence-corrected chi connectivity index (χ4v) is 5.60. The lowest BCUT2D eigenvalue weighted by Crippen LogP contribution is -2.52. The highest BCUT2D eigenvalue weighted by Crippen LogP contribution is 2.58. The lowest BCUT2D eigenvalue weighted by molar-refractivity contribution is -0.0505. The largest absolute Gasteiger partial charge is 0.372 e. The summed E-state index contributed by atoms with van der Waals surface area (Å²) in [5.74, 6) is 3.86. The van der Waals surface area contributed by atoms with Crippen LogP contribution >= 0.6 is 0 Å². The van der Waals surface area contributed by atoms with Crippen LogP contribution in [0.25, 0.3) is 0 Å². The molecule has 0 aliphatic heterocycles. The molecule has 0 unspecified atom stereocenters. The maximum absolute atomic E-state index is 5.81. The van der Waals surface area contributed by atoms with Gasteiger partial charge in [-0.1, -0.05) is 0 Å².